The van der Waals surface area contributed by atoms with Crippen LogP contribution in [0.1, 0.15) is 26.7 Å². The first-order chi connectivity index (χ1) is 9.42. The molecule has 0 fully saturated rings. The minimum atomic E-state index is -1.00. The highest BCUT2D eigenvalue weighted by molar-refractivity contribution is 5.92. The van der Waals surface area contributed by atoms with Gasteiger partial charge in [-0.1, -0.05) is 0 Å². The molecule has 0 atom stereocenters. The highest BCUT2D eigenvalue weighted by Crippen LogP contribution is 2.31. The third-order valence-electron chi connectivity index (χ3n) is 2.38. The van der Waals surface area contributed by atoms with Crippen LogP contribution in [0.5, 0.6) is 11.5 Å². The standard InChI is InChI=1S/C14H19NO5/c1-9(2)20-12-8-10(4-5-11(12)19-3)15-13(16)6-7-14(17)18/h4-5,8-9H,6-7H2,1-3H3,(H,15,16)(H,17,18). The number of methoxy groups -OCH3 is 1. The van der Waals surface area contributed by atoms with Gasteiger partial charge in [-0.05, 0) is 26.0 Å². The molecule has 6 heteroatoms. The summed E-state index contributed by atoms with van der Waals surface area (Å²) in [6.07, 6.45) is -0.291. The Hall–Kier alpha value is -2.24. The van der Waals surface area contributed by atoms with Crippen LogP contribution in [0.15, 0.2) is 18.2 Å². The topological polar surface area (TPSA) is 84.9 Å². The number of carbonyl (C=O) groups is 2. The minimum absolute atomic E-state index is 0.0261. The van der Waals surface area contributed by atoms with Gasteiger partial charge >= 0.3 is 5.97 Å². The van der Waals surface area contributed by atoms with E-state index in [4.69, 9.17) is 14.6 Å². The summed E-state index contributed by atoms with van der Waals surface area (Å²) in [6, 6.07) is 5.01. The number of benzene rings is 1. The molecule has 0 spiro atoms. The maximum absolute atomic E-state index is 11.6. The lowest BCUT2D eigenvalue weighted by Gasteiger charge is -2.15. The molecule has 0 aromatic heterocycles. The zero-order valence-corrected chi connectivity index (χ0v) is 11.8. The molecule has 0 unspecified atom stereocenters. The summed E-state index contributed by atoms with van der Waals surface area (Å²) in [5.41, 5.74) is 0.539. The molecule has 0 saturated heterocycles. The highest BCUT2D eigenvalue weighted by Gasteiger charge is 2.10. The Morgan fingerprint density at radius 3 is 2.50 bits per heavy atom. The fraction of sp³-hybridized carbons (Fsp3) is 0.429. The van der Waals surface area contributed by atoms with Gasteiger partial charge < -0.3 is 19.9 Å². The second-order valence-corrected chi connectivity index (χ2v) is 4.47. The van der Waals surface area contributed by atoms with Crippen molar-refractivity contribution in [3.05, 3.63) is 18.2 Å². The number of anilines is 1. The molecule has 0 heterocycles. The van der Waals surface area contributed by atoms with Crippen LogP contribution in [0.25, 0.3) is 0 Å². The molecule has 0 bridgehead atoms. The van der Waals surface area contributed by atoms with E-state index in [1.807, 2.05) is 13.8 Å². The van der Waals surface area contributed by atoms with Crippen LogP contribution in [0.2, 0.25) is 0 Å². The molecule has 0 aliphatic heterocycles. The molecular formula is C14H19NO5. The molecule has 1 amide bonds. The van der Waals surface area contributed by atoms with E-state index in [9.17, 15) is 9.59 Å². The Morgan fingerprint density at radius 1 is 1.25 bits per heavy atom. The molecule has 0 radical (unpaired) electrons. The number of carboxylic acids is 1. The van der Waals surface area contributed by atoms with Gasteiger partial charge in [-0.15, -0.1) is 0 Å². The number of hydrogen-bond donors (Lipinski definition) is 2. The summed E-state index contributed by atoms with van der Waals surface area (Å²) >= 11 is 0. The van der Waals surface area contributed by atoms with E-state index < -0.39 is 5.97 Å². The van der Waals surface area contributed by atoms with Gasteiger partial charge in [-0.25, -0.2) is 0 Å². The minimum Gasteiger partial charge on any atom is -0.493 e. The van der Waals surface area contributed by atoms with Gasteiger partial charge in [0.15, 0.2) is 11.5 Å². The first kappa shape index (κ1) is 15.8. The molecule has 6 nitrogen and oxygen atoms in total. The second kappa shape index (κ2) is 7.37. The van der Waals surface area contributed by atoms with Gasteiger partial charge in [0.1, 0.15) is 0 Å². The first-order valence-corrected chi connectivity index (χ1v) is 6.28. The maximum atomic E-state index is 11.6. The highest BCUT2D eigenvalue weighted by atomic mass is 16.5. The van der Waals surface area contributed by atoms with Crippen molar-refractivity contribution >= 4 is 17.6 Å². The summed E-state index contributed by atoms with van der Waals surface area (Å²) in [6.45, 7) is 3.77. The van der Waals surface area contributed by atoms with E-state index in [-0.39, 0.29) is 24.9 Å². The predicted octanol–water partition coefficient (Wildman–Crippen LogP) is 2.29. The van der Waals surface area contributed by atoms with Crippen molar-refractivity contribution in [1.82, 2.24) is 0 Å². The normalized spacial score (nSPS) is 10.2. The molecular weight excluding hydrogens is 262 g/mol. The lowest BCUT2D eigenvalue weighted by molar-refractivity contribution is -0.138. The monoisotopic (exact) mass is 281 g/mol. The second-order valence-electron chi connectivity index (χ2n) is 4.47. The Morgan fingerprint density at radius 2 is 1.95 bits per heavy atom. The molecule has 110 valence electrons. The van der Waals surface area contributed by atoms with Crippen LogP contribution in [0.4, 0.5) is 5.69 Å². The number of carbonyl (C=O) groups excluding carboxylic acids is 1. The van der Waals surface area contributed by atoms with Crippen molar-refractivity contribution in [3.8, 4) is 11.5 Å². The van der Waals surface area contributed by atoms with Crippen molar-refractivity contribution in [2.75, 3.05) is 12.4 Å². The number of hydrogen-bond acceptors (Lipinski definition) is 4. The van der Waals surface area contributed by atoms with Crippen molar-refractivity contribution < 1.29 is 24.2 Å². The summed E-state index contributed by atoms with van der Waals surface area (Å²) in [4.78, 5) is 22.0. The molecule has 2 N–H and O–H groups in total. The van der Waals surface area contributed by atoms with Gasteiger partial charge in [-0.2, -0.15) is 0 Å². The molecule has 0 aliphatic rings. The molecule has 1 rings (SSSR count). The first-order valence-electron chi connectivity index (χ1n) is 6.28. The van der Waals surface area contributed by atoms with Gasteiger partial charge in [0, 0.05) is 18.2 Å². The predicted molar refractivity (Wildman–Crippen MR) is 74.3 cm³/mol. The van der Waals surface area contributed by atoms with Crippen LogP contribution in [0.3, 0.4) is 0 Å². The fourth-order valence-electron chi connectivity index (χ4n) is 1.54. The SMILES string of the molecule is COc1ccc(NC(=O)CCC(=O)O)cc1OC(C)C. The van der Waals surface area contributed by atoms with Crippen molar-refractivity contribution in [2.24, 2.45) is 0 Å². The molecule has 0 saturated carbocycles. The average molecular weight is 281 g/mol. The zero-order chi connectivity index (χ0) is 15.1. The lowest BCUT2D eigenvalue weighted by Crippen LogP contribution is -2.13. The number of aliphatic carboxylic acids is 1. The number of rotatable bonds is 7. The van der Waals surface area contributed by atoms with Gasteiger partial charge in [0.2, 0.25) is 5.91 Å². The van der Waals surface area contributed by atoms with E-state index in [1.54, 1.807) is 18.2 Å². The van der Waals surface area contributed by atoms with Gasteiger partial charge in [-0.3, -0.25) is 9.59 Å². The molecule has 0 aliphatic carbocycles. The van der Waals surface area contributed by atoms with Crippen molar-refractivity contribution in [2.45, 2.75) is 32.8 Å². The Balaban J connectivity index is 2.75. The smallest absolute Gasteiger partial charge is 0.303 e. The maximum Gasteiger partial charge on any atom is 0.303 e. The van der Waals surface area contributed by atoms with Crippen LogP contribution in [-0.4, -0.2) is 30.2 Å². The van der Waals surface area contributed by atoms with E-state index in [0.29, 0.717) is 17.2 Å². The Bertz CT molecular complexity index is 484. The van der Waals surface area contributed by atoms with E-state index >= 15 is 0 Å². The third kappa shape index (κ3) is 5.17. The lowest BCUT2D eigenvalue weighted by atomic mass is 10.2. The van der Waals surface area contributed by atoms with E-state index in [0.717, 1.165) is 0 Å². The summed E-state index contributed by atoms with van der Waals surface area (Å²) in [7, 11) is 1.54. The van der Waals surface area contributed by atoms with Crippen LogP contribution in [0, 0.1) is 0 Å². The van der Waals surface area contributed by atoms with Crippen LogP contribution in [-0.2, 0) is 9.59 Å². The largest absolute Gasteiger partial charge is 0.493 e. The average Bonchev–Trinajstić information content (AvgIpc) is 2.36. The molecule has 1 aromatic rings. The molecule has 20 heavy (non-hydrogen) atoms. The summed E-state index contributed by atoms with van der Waals surface area (Å²) in [5, 5.41) is 11.1. The number of nitrogens with one attached hydrogen (secondary N) is 1. The van der Waals surface area contributed by atoms with E-state index in [2.05, 4.69) is 5.32 Å². The van der Waals surface area contributed by atoms with Gasteiger partial charge in [0.05, 0.1) is 19.6 Å². The quantitative estimate of drug-likeness (QED) is 0.801. The van der Waals surface area contributed by atoms with Gasteiger partial charge in [0.25, 0.3) is 0 Å². The van der Waals surface area contributed by atoms with Crippen LogP contribution >= 0.6 is 0 Å². The fourth-order valence-corrected chi connectivity index (χ4v) is 1.54. The Labute approximate surface area is 117 Å². The Kier molecular flexibility index (Phi) is 5.83. The van der Waals surface area contributed by atoms with Crippen molar-refractivity contribution in [3.63, 3.8) is 0 Å². The van der Waals surface area contributed by atoms with E-state index in [1.165, 1.54) is 7.11 Å². The zero-order valence-electron chi connectivity index (χ0n) is 11.8. The number of carboxylic acid groups (broad SMARTS) is 1. The molecule has 1 aromatic carbocycles. The number of ether oxygens (including phenoxy) is 2. The number of amides is 1. The summed E-state index contributed by atoms with van der Waals surface area (Å²) < 4.78 is 10.8. The summed E-state index contributed by atoms with van der Waals surface area (Å²) in [5.74, 6) is -0.257. The van der Waals surface area contributed by atoms with Crippen LogP contribution < -0.4 is 14.8 Å². The third-order valence-corrected chi connectivity index (χ3v) is 2.38. The van der Waals surface area contributed by atoms with Crippen molar-refractivity contribution in [1.29, 1.82) is 0 Å².